The molecule has 0 saturated carbocycles. The van der Waals surface area contributed by atoms with E-state index in [1.54, 1.807) is 0 Å². The molecule has 1 N–H and O–H groups in total. The second-order valence-corrected chi connectivity index (χ2v) is 8.49. The minimum atomic E-state index is -2.92. The summed E-state index contributed by atoms with van der Waals surface area (Å²) in [4.78, 5) is 0. The van der Waals surface area contributed by atoms with E-state index in [2.05, 4.69) is 26.1 Å². The van der Waals surface area contributed by atoms with Crippen molar-refractivity contribution in [1.82, 2.24) is 5.32 Å². The Balaban J connectivity index is 3.90. The molecule has 0 aromatic rings. The fourth-order valence-electron chi connectivity index (χ4n) is 1.01. The summed E-state index contributed by atoms with van der Waals surface area (Å²) in [5.74, 6) is 0.717. The molecular weight excluding hydrogens is 245 g/mol. The molecule has 0 heterocycles. The Labute approximate surface area is 103 Å². The van der Waals surface area contributed by atoms with Crippen molar-refractivity contribution >= 4 is 18.2 Å². The molecule has 0 radical (unpaired) electrons. The van der Waals surface area contributed by atoms with Gasteiger partial charge in [0.1, 0.15) is 0 Å². The summed E-state index contributed by atoms with van der Waals surface area (Å²) >= 11 is 1.26. The SMILES string of the molecule is CCOP(=O)(OCC)SCCNC(C)(C)C. The van der Waals surface area contributed by atoms with Gasteiger partial charge in [-0.1, -0.05) is 0 Å². The highest BCUT2D eigenvalue weighted by Crippen LogP contribution is 2.60. The van der Waals surface area contributed by atoms with E-state index < -0.39 is 6.80 Å². The van der Waals surface area contributed by atoms with Crippen molar-refractivity contribution in [2.24, 2.45) is 0 Å². The van der Waals surface area contributed by atoms with Crippen LogP contribution in [0.5, 0.6) is 0 Å². The fraction of sp³-hybridized carbons (Fsp3) is 1.00. The Kier molecular flexibility index (Phi) is 7.94. The van der Waals surface area contributed by atoms with Gasteiger partial charge in [-0.15, -0.1) is 0 Å². The Hall–Kier alpha value is 0.460. The van der Waals surface area contributed by atoms with Crippen molar-refractivity contribution in [2.45, 2.75) is 40.2 Å². The zero-order valence-electron chi connectivity index (χ0n) is 10.9. The maximum absolute atomic E-state index is 12.0. The van der Waals surface area contributed by atoms with Crippen molar-refractivity contribution in [3.8, 4) is 0 Å². The van der Waals surface area contributed by atoms with E-state index >= 15 is 0 Å². The molecule has 0 aliphatic rings. The molecule has 0 aromatic heterocycles. The van der Waals surface area contributed by atoms with E-state index in [4.69, 9.17) is 9.05 Å². The average molecular weight is 269 g/mol. The van der Waals surface area contributed by atoms with Gasteiger partial charge < -0.3 is 14.4 Å². The highest BCUT2D eigenvalue weighted by atomic mass is 32.7. The molecule has 0 atom stereocenters. The quantitative estimate of drug-likeness (QED) is 0.541. The third-order valence-corrected chi connectivity index (χ3v) is 5.56. The lowest BCUT2D eigenvalue weighted by Crippen LogP contribution is -2.37. The molecule has 0 amide bonds. The molecule has 6 heteroatoms. The van der Waals surface area contributed by atoms with Crippen molar-refractivity contribution in [2.75, 3.05) is 25.5 Å². The lowest BCUT2D eigenvalue weighted by atomic mass is 10.1. The van der Waals surface area contributed by atoms with E-state index in [-0.39, 0.29) is 5.54 Å². The lowest BCUT2D eigenvalue weighted by molar-refractivity contribution is 0.237. The summed E-state index contributed by atoms with van der Waals surface area (Å²) in [5, 5.41) is 3.33. The van der Waals surface area contributed by atoms with Gasteiger partial charge in [0.05, 0.1) is 13.2 Å². The van der Waals surface area contributed by atoms with Crippen molar-refractivity contribution < 1.29 is 13.6 Å². The van der Waals surface area contributed by atoms with E-state index in [0.29, 0.717) is 19.0 Å². The molecule has 0 aromatic carbocycles. The second-order valence-electron chi connectivity index (χ2n) is 4.29. The highest BCUT2D eigenvalue weighted by Gasteiger charge is 2.24. The van der Waals surface area contributed by atoms with Gasteiger partial charge in [-0.3, -0.25) is 0 Å². The number of nitrogens with one attached hydrogen (secondary N) is 1. The van der Waals surface area contributed by atoms with Gasteiger partial charge in [0.2, 0.25) is 0 Å². The molecule has 98 valence electrons. The van der Waals surface area contributed by atoms with Gasteiger partial charge in [0, 0.05) is 17.8 Å². The molecule has 0 bridgehead atoms. The third-order valence-electron chi connectivity index (χ3n) is 1.58. The van der Waals surface area contributed by atoms with E-state index in [0.717, 1.165) is 6.54 Å². The van der Waals surface area contributed by atoms with Crippen LogP contribution in [0.4, 0.5) is 0 Å². The molecule has 0 spiro atoms. The first-order chi connectivity index (χ1) is 7.33. The van der Waals surface area contributed by atoms with Gasteiger partial charge in [0.25, 0.3) is 0 Å². The minimum Gasteiger partial charge on any atom is -0.311 e. The monoisotopic (exact) mass is 269 g/mol. The molecule has 0 unspecified atom stereocenters. The summed E-state index contributed by atoms with van der Waals surface area (Å²) in [6, 6.07) is 0. The molecular formula is C10H24NO3PS. The molecule has 0 aliphatic heterocycles. The summed E-state index contributed by atoms with van der Waals surface area (Å²) in [7, 11) is 0. The zero-order valence-corrected chi connectivity index (χ0v) is 12.6. The molecule has 16 heavy (non-hydrogen) atoms. The smallest absolute Gasteiger partial charge is 0.311 e. The van der Waals surface area contributed by atoms with E-state index in [1.165, 1.54) is 11.4 Å². The van der Waals surface area contributed by atoms with Gasteiger partial charge in [0.15, 0.2) is 0 Å². The number of hydrogen-bond donors (Lipinski definition) is 1. The fourth-order valence-corrected chi connectivity index (χ4v) is 4.31. The molecule has 4 nitrogen and oxygen atoms in total. The Morgan fingerprint density at radius 2 is 1.69 bits per heavy atom. The number of rotatable bonds is 8. The first kappa shape index (κ1) is 16.5. The molecule has 0 saturated heterocycles. The lowest BCUT2D eigenvalue weighted by Gasteiger charge is -2.21. The Bertz CT molecular complexity index is 221. The van der Waals surface area contributed by atoms with Crippen molar-refractivity contribution in [1.29, 1.82) is 0 Å². The largest absolute Gasteiger partial charge is 0.389 e. The Morgan fingerprint density at radius 3 is 2.06 bits per heavy atom. The van der Waals surface area contributed by atoms with Crippen LogP contribution in [0.3, 0.4) is 0 Å². The molecule has 0 rings (SSSR count). The van der Waals surface area contributed by atoms with Gasteiger partial charge in [-0.25, -0.2) is 4.57 Å². The van der Waals surface area contributed by atoms with Crippen LogP contribution < -0.4 is 5.32 Å². The molecule has 0 aliphatic carbocycles. The zero-order chi connectivity index (χ0) is 12.7. The molecule has 0 fully saturated rings. The van der Waals surface area contributed by atoms with Gasteiger partial charge in [-0.2, -0.15) is 0 Å². The normalized spacial score (nSPS) is 13.1. The highest BCUT2D eigenvalue weighted by molar-refractivity contribution is 8.55. The summed E-state index contributed by atoms with van der Waals surface area (Å²) in [6.07, 6.45) is 0. The van der Waals surface area contributed by atoms with Crippen LogP contribution >= 0.6 is 18.2 Å². The van der Waals surface area contributed by atoms with Crippen LogP contribution in [0.1, 0.15) is 34.6 Å². The standard InChI is InChI=1S/C10H24NO3PS/c1-6-13-15(12,14-7-2)16-9-8-11-10(3,4)5/h11H,6-9H2,1-5H3. The van der Waals surface area contributed by atoms with Crippen LogP contribution in [-0.4, -0.2) is 31.1 Å². The van der Waals surface area contributed by atoms with Gasteiger partial charge in [-0.05, 0) is 46.0 Å². The maximum Gasteiger partial charge on any atom is 0.389 e. The minimum absolute atomic E-state index is 0.0851. The number of hydrogen-bond acceptors (Lipinski definition) is 5. The third kappa shape index (κ3) is 8.59. The summed E-state index contributed by atoms with van der Waals surface area (Å²) in [6.45, 7) is 8.63. The summed E-state index contributed by atoms with van der Waals surface area (Å²) in [5.41, 5.74) is 0.0851. The van der Waals surface area contributed by atoms with Crippen molar-refractivity contribution in [3.63, 3.8) is 0 Å². The maximum atomic E-state index is 12.0. The first-order valence-corrected chi connectivity index (χ1v) is 8.75. The van der Waals surface area contributed by atoms with Crippen LogP contribution in [-0.2, 0) is 13.6 Å². The average Bonchev–Trinajstić information content (AvgIpc) is 2.12. The Morgan fingerprint density at radius 1 is 1.19 bits per heavy atom. The predicted molar refractivity (Wildman–Crippen MR) is 71.1 cm³/mol. The second kappa shape index (κ2) is 7.72. The van der Waals surface area contributed by atoms with Crippen LogP contribution in [0.15, 0.2) is 0 Å². The predicted octanol–water partition coefficient (Wildman–Crippen LogP) is 3.29. The topological polar surface area (TPSA) is 47.6 Å². The summed E-state index contributed by atoms with van der Waals surface area (Å²) < 4.78 is 22.4. The van der Waals surface area contributed by atoms with E-state index in [1.807, 2.05) is 13.8 Å². The van der Waals surface area contributed by atoms with Crippen LogP contribution in [0.25, 0.3) is 0 Å². The van der Waals surface area contributed by atoms with Crippen molar-refractivity contribution in [3.05, 3.63) is 0 Å². The van der Waals surface area contributed by atoms with E-state index in [9.17, 15) is 4.57 Å². The van der Waals surface area contributed by atoms with Crippen LogP contribution in [0.2, 0.25) is 0 Å². The van der Waals surface area contributed by atoms with Crippen LogP contribution in [0, 0.1) is 0 Å². The first-order valence-electron chi connectivity index (χ1n) is 5.61. The van der Waals surface area contributed by atoms with Gasteiger partial charge >= 0.3 is 6.80 Å².